The van der Waals surface area contributed by atoms with Crippen molar-refractivity contribution in [3.8, 4) is 0 Å². The molecule has 586 valence electrons. The molecule has 26 heteroatoms. The van der Waals surface area contributed by atoms with Crippen LogP contribution in [0.15, 0.2) is 0 Å². The molecule has 12 amide bonds. The van der Waals surface area contributed by atoms with Gasteiger partial charge in [0.15, 0.2) is 0 Å². The molecule has 2 saturated carbocycles. The maximum atomic E-state index is 15.6. The summed E-state index contributed by atoms with van der Waals surface area (Å²) in [6, 6.07) is -12.2. The summed E-state index contributed by atoms with van der Waals surface area (Å²) in [5.41, 5.74) is -0.814. The quantitative estimate of drug-likeness (QED) is 0.124. The first-order chi connectivity index (χ1) is 48.3. The van der Waals surface area contributed by atoms with Crippen LogP contribution < -0.4 is 26.6 Å². The van der Waals surface area contributed by atoms with E-state index in [1.807, 2.05) is 41.5 Å². The van der Waals surface area contributed by atoms with Gasteiger partial charge in [-0.3, -0.25) is 57.5 Å². The lowest BCUT2D eigenvalue weighted by atomic mass is 9.84. The van der Waals surface area contributed by atoms with Crippen molar-refractivity contribution in [2.24, 2.45) is 41.4 Å². The van der Waals surface area contributed by atoms with Gasteiger partial charge in [-0.25, -0.2) is 0 Å². The summed E-state index contributed by atoms with van der Waals surface area (Å²) < 4.78 is 6.27. The molecule has 5 rings (SSSR count). The normalized spacial score (nSPS) is 28.4. The molecule has 0 bridgehead atoms. The summed E-state index contributed by atoms with van der Waals surface area (Å²) in [6.45, 7) is 23.2. The predicted molar refractivity (Wildman–Crippen MR) is 397 cm³/mol. The lowest BCUT2D eigenvalue weighted by Gasteiger charge is -2.39. The van der Waals surface area contributed by atoms with Crippen LogP contribution in [0, 0.1) is 41.4 Å². The van der Waals surface area contributed by atoms with Gasteiger partial charge in [0.25, 0.3) is 0 Å². The van der Waals surface area contributed by atoms with Crippen molar-refractivity contribution >= 4 is 70.9 Å². The van der Waals surface area contributed by atoms with Gasteiger partial charge in [0, 0.05) is 62.4 Å². The minimum absolute atomic E-state index is 0.0121. The molecule has 11 atom stereocenters. The second-order valence-corrected chi connectivity index (χ2v) is 33.5. The Kier molecular flexibility index (Phi) is 34.6. The van der Waals surface area contributed by atoms with Gasteiger partial charge >= 0.3 is 0 Å². The Labute approximate surface area is 616 Å². The highest BCUT2D eigenvalue weighted by atomic mass is 16.5. The van der Waals surface area contributed by atoms with E-state index in [9.17, 15) is 14.4 Å². The lowest BCUT2D eigenvalue weighted by molar-refractivity contribution is -0.153. The Morgan fingerprint density at radius 3 is 1.44 bits per heavy atom. The van der Waals surface area contributed by atoms with Crippen LogP contribution in [0.4, 0.5) is 0 Å². The number of hydrogen-bond donors (Lipinski definition) is 5. The predicted octanol–water partition coefficient (Wildman–Crippen LogP) is 5.72. The molecular formula is C77H135N13O13. The van der Waals surface area contributed by atoms with E-state index in [4.69, 9.17) is 4.74 Å². The number of amides is 12. The lowest BCUT2D eigenvalue weighted by Crippen LogP contribution is -2.62. The van der Waals surface area contributed by atoms with Crippen molar-refractivity contribution in [3.63, 3.8) is 0 Å². The molecule has 5 N–H and O–H groups in total. The van der Waals surface area contributed by atoms with E-state index in [1.165, 1.54) is 83.6 Å². The third-order valence-corrected chi connectivity index (χ3v) is 22.1. The summed E-state index contributed by atoms with van der Waals surface area (Å²) in [6.07, 6.45) is 13.4. The van der Waals surface area contributed by atoms with Crippen LogP contribution in [0.2, 0.25) is 0 Å². The van der Waals surface area contributed by atoms with Gasteiger partial charge in [-0.15, -0.1) is 0 Å². The molecule has 0 aromatic heterocycles. The molecule has 0 spiro atoms. The topological polar surface area (TPSA) is 300 Å². The van der Waals surface area contributed by atoms with Gasteiger partial charge < -0.3 is 70.5 Å². The fourth-order valence-electron chi connectivity index (χ4n) is 15.7. The van der Waals surface area contributed by atoms with E-state index < -0.39 is 156 Å². The van der Waals surface area contributed by atoms with Crippen LogP contribution in [-0.2, 0) is 62.3 Å². The largest absolute Gasteiger partial charge is 0.373 e. The number of rotatable bonds is 16. The average Bonchev–Trinajstić information content (AvgIpc) is 0.811. The van der Waals surface area contributed by atoms with Gasteiger partial charge in [0.05, 0.1) is 25.2 Å². The van der Waals surface area contributed by atoms with Gasteiger partial charge in [0.2, 0.25) is 70.9 Å². The van der Waals surface area contributed by atoms with E-state index in [1.54, 1.807) is 46.4 Å². The smallest absolute Gasteiger partial charge is 0.247 e. The first kappa shape index (κ1) is 87.2. The molecule has 0 aromatic rings. The Bertz CT molecular complexity index is 2840. The monoisotopic (exact) mass is 1450 g/mol. The SMILES string of the molecule is CC(C)C[C@@H]1NC(=O)[C@H](CC2CCCCC2)N(C)C(=O)[C@H](C)N(C)C(=O)C[C@@H](C(=O)N2CCCCC2)NC(=O)[C@H](C(C)C)N(C)C(=O)[C@H](CC2CCCCC2)N(C)C(=O)[C@H](COC(C)(C)C)NC(=O)[C@H](CC(C)C)N(C)C(=O)CN(C)C(=O)[C@H](CC2CCCNC2)NC(=O)[C@H](CC(C)C)N(C)C1=O. The highest BCUT2D eigenvalue weighted by molar-refractivity contribution is 6.00. The average molecular weight is 1450 g/mol. The zero-order valence-corrected chi connectivity index (χ0v) is 66.5. The fraction of sp³-hybridized carbons (Fsp3) is 0.844. The summed E-state index contributed by atoms with van der Waals surface area (Å²) >= 11 is 0. The van der Waals surface area contributed by atoms with E-state index in [0.29, 0.717) is 32.5 Å². The minimum atomic E-state index is -1.44. The van der Waals surface area contributed by atoms with E-state index in [2.05, 4.69) is 26.6 Å². The van der Waals surface area contributed by atoms with Crippen LogP contribution in [0.3, 0.4) is 0 Å². The molecule has 2 aliphatic carbocycles. The number of nitrogens with zero attached hydrogens (tertiary/aromatic N) is 8. The zero-order valence-electron chi connectivity index (χ0n) is 66.5. The Morgan fingerprint density at radius 1 is 0.456 bits per heavy atom. The number of nitrogens with one attached hydrogen (secondary N) is 5. The maximum Gasteiger partial charge on any atom is 0.247 e. The number of carbonyl (C=O) groups is 12. The van der Waals surface area contributed by atoms with Gasteiger partial charge in [0.1, 0.15) is 60.4 Å². The first-order valence-electron chi connectivity index (χ1n) is 39.0. The standard InChI is InChI=1S/C77H135N13O13/c1-48(2)38-56-73(99)87(17)61(40-50(5)6)68(94)80-57(41-55-34-29-35-78-45-55)72(98)83(13)46-65(92)85(15)60(39-49(3)4)67(93)82-59(47-103-77(10,11)12)74(100)88(18)63(43-54-32-25-21-26-33-54)76(102)89(19)66(51(7)8)70(96)81-58(75(101)90-36-27-22-28-37-90)44-64(91)84(14)52(9)71(97)86(16)62(69(95)79-56)42-53-30-23-20-24-31-53/h48-63,66,78H,20-47H2,1-19H3,(H,79,95)(H,80,94)(H,81,96)(H,82,93)/t52-,55?,56-,57-,58-,59-,60-,61-,62-,63-,66-/m0/s1. The number of carbonyl (C=O) groups excluding carboxylic acids is 12. The maximum absolute atomic E-state index is 15.6. The highest BCUT2D eigenvalue weighted by Crippen LogP contribution is 2.32. The number of likely N-dealkylation sites (N-methyl/N-ethyl adjacent to an activating group) is 7. The Balaban J connectivity index is 1.68. The molecule has 1 unspecified atom stereocenters. The van der Waals surface area contributed by atoms with Crippen LogP contribution in [0.25, 0.3) is 0 Å². The molecule has 3 heterocycles. The van der Waals surface area contributed by atoms with Crippen LogP contribution in [0.5, 0.6) is 0 Å². The van der Waals surface area contributed by atoms with Crippen molar-refractivity contribution in [2.45, 2.75) is 290 Å². The summed E-state index contributed by atoms with van der Waals surface area (Å²) in [7, 11) is 10.4. The zero-order chi connectivity index (χ0) is 76.9. The molecule has 3 saturated heterocycles. The number of likely N-dealkylation sites (tertiary alicyclic amines) is 1. The van der Waals surface area contributed by atoms with Gasteiger partial charge in [-0.1, -0.05) is 120 Å². The van der Waals surface area contributed by atoms with Crippen molar-refractivity contribution in [1.29, 1.82) is 0 Å². The fourth-order valence-corrected chi connectivity index (χ4v) is 15.7. The molecule has 5 fully saturated rings. The molecular weight excluding hydrogens is 1310 g/mol. The van der Waals surface area contributed by atoms with Crippen molar-refractivity contribution in [1.82, 2.24) is 65.8 Å². The second-order valence-electron chi connectivity index (χ2n) is 33.5. The van der Waals surface area contributed by atoms with E-state index in [0.717, 1.165) is 90.0 Å². The Hall–Kier alpha value is -6.44. The third-order valence-electron chi connectivity index (χ3n) is 22.1. The molecule has 5 aliphatic rings. The second kappa shape index (κ2) is 40.9. The van der Waals surface area contributed by atoms with Crippen molar-refractivity contribution < 1.29 is 62.3 Å². The summed E-state index contributed by atoms with van der Waals surface area (Å²) in [5, 5.41) is 15.3. The van der Waals surface area contributed by atoms with E-state index in [-0.39, 0.29) is 80.6 Å². The van der Waals surface area contributed by atoms with E-state index >= 15 is 43.2 Å². The number of hydrogen-bond acceptors (Lipinski definition) is 14. The summed E-state index contributed by atoms with van der Waals surface area (Å²) in [5.74, 6) is -8.33. The third kappa shape index (κ3) is 25.9. The van der Waals surface area contributed by atoms with Crippen molar-refractivity contribution in [3.05, 3.63) is 0 Å². The number of piperidine rings is 2. The number of ether oxygens (including phenoxy) is 1. The molecule has 103 heavy (non-hydrogen) atoms. The summed E-state index contributed by atoms with van der Waals surface area (Å²) in [4.78, 5) is 193. The van der Waals surface area contributed by atoms with Gasteiger partial charge in [-0.2, -0.15) is 0 Å². The molecule has 3 aliphatic heterocycles. The van der Waals surface area contributed by atoms with Gasteiger partial charge in [-0.05, 0) is 153 Å². The first-order valence-corrected chi connectivity index (χ1v) is 39.0. The van der Waals surface area contributed by atoms with Crippen molar-refractivity contribution in [2.75, 3.05) is 88.7 Å². The molecule has 0 radical (unpaired) electrons. The molecule has 26 nitrogen and oxygen atoms in total. The van der Waals surface area contributed by atoms with Crippen LogP contribution >= 0.6 is 0 Å². The van der Waals surface area contributed by atoms with Crippen LogP contribution in [-0.4, -0.2) is 265 Å². The highest BCUT2D eigenvalue weighted by Gasteiger charge is 2.45. The Morgan fingerprint density at radius 2 is 0.922 bits per heavy atom. The molecule has 0 aromatic carbocycles. The van der Waals surface area contributed by atoms with Crippen LogP contribution in [0.1, 0.15) is 224 Å². The minimum Gasteiger partial charge on any atom is -0.373 e.